The first kappa shape index (κ1) is 17.3. The van der Waals surface area contributed by atoms with Gasteiger partial charge in [0, 0.05) is 15.4 Å². The summed E-state index contributed by atoms with van der Waals surface area (Å²) in [5.74, 6) is 0. The Morgan fingerprint density at radius 2 is 1.65 bits per heavy atom. The van der Waals surface area contributed by atoms with E-state index in [1.165, 1.54) is 44.1 Å². The zero-order valence-corrected chi connectivity index (χ0v) is 16.6. The average Bonchev–Trinajstić information content (AvgIpc) is 3.03. The van der Waals surface area contributed by atoms with Crippen LogP contribution in [-0.2, 0) is 6.42 Å². The zero-order chi connectivity index (χ0) is 18.1. The number of H-pyrrole nitrogens is 1. The van der Waals surface area contributed by atoms with E-state index < -0.39 is 0 Å². The van der Waals surface area contributed by atoms with Crippen LogP contribution in [0.3, 0.4) is 0 Å². The van der Waals surface area contributed by atoms with Crippen LogP contribution < -0.4 is 5.73 Å². The summed E-state index contributed by atoms with van der Waals surface area (Å²) in [6.07, 6.45) is 3.19. The Kier molecular flexibility index (Phi) is 4.84. The van der Waals surface area contributed by atoms with Crippen molar-refractivity contribution in [2.45, 2.75) is 26.2 Å². The molecule has 0 atom stereocenters. The molecule has 0 spiro atoms. The molecule has 0 fully saturated rings. The largest absolute Gasteiger partial charge is 0.353 e. The molecule has 3 heteroatoms. The third kappa shape index (κ3) is 2.95. The number of para-hydroxylation sites is 1. The standard InChI is InChI=1S/C23H23BrN2/c1-15-12-13-20(17-8-3-2-7-16(15)17)22-18(9-4-5-14-25)19-10-6-11-21(24)23(19)26-22/h2-3,6-8,10-13,26H,4-5,9,14,25H2,1H3. The minimum atomic E-state index is 0.745. The lowest BCUT2D eigenvalue weighted by atomic mass is 9.94. The van der Waals surface area contributed by atoms with Gasteiger partial charge in [-0.05, 0) is 76.6 Å². The Morgan fingerprint density at radius 1 is 0.885 bits per heavy atom. The molecule has 0 saturated carbocycles. The molecule has 2 nitrogen and oxygen atoms in total. The molecule has 3 N–H and O–H groups in total. The van der Waals surface area contributed by atoms with Crippen LogP contribution in [0.4, 0.5) is 0 Å². The van der Waals surface area contributed by atoms with Crippen molar-refractivity contribution >= 4 is 37.6 Å². The molecule has 3 aromatic carbocycles. The number of benzene rings is 3. The SMILES string of the molecule is Cc1ccc(-c2[nH]c3c(Br)cccc3c2CCCCN)c2ccccc12. The van der Waals surface area contributed by atoms with Crippen molar-refractivity contribution in [3.05, 3.63) is 70.2 Å². The third-order valence-corrected chi connectivity index (χ3v) is 5.84. The Balaban J connectivity index is 1.98. The number of rotatable bonds is 5. The molecule has 4 aromatic rings. The molecule has 4 rings (SSSR count). The van der Waals surface area contributed by atoms with Crippen LogP contribution in [0.5, 0.6) is 0 Å². The summed E-state index contributed by atoms with van der Waals surface area (Å²) in [6, 6.07) is 19.6. The van der Waals surface area contributed by atoms with Gasteiger partial charge in [0.25, 0.3) is 0 Å². The predicted molar refractivity (Wildman–Crippen MR) is 116 cm³/mol. The lowest BCUT2D eigenvalue weighted by molar-refractivity contribution is 0.748. The van der Waals surface area contributed by atoms with Crippen LogP contribution in [0.15, 0.2) is 59.1 Å². The van der Waals surface area contributed by atoms with Gasteiger partial charge in [-0.1, -0.05) is 48.5 Å². The van der Waals surface area contributed by atoms with E-state index in [9.17, 15) is 0 Å². The quantitative estimate of drug-likeness (QED) is 0.373. The molecule has 0 aliphatic heterocycles. The van der Waals surface area contributed by atoms with Crippen molar-refractivity contribution < 1.29 is 0 Å². The van der Waals surface area contributed by atoms with E-state index in [1.54, 1.807) is 0 Å². The van der Waals surface area contributed by atoms with E-state index in [0.29, 0.717) is 0 Å². The second-order valence-corrected chi connectivity index (χ2v) is 7.72. The molecule has 0 radical (unpaired) electrons. The highest BCUT2D eigenvalue weighted by Crippen LogP contribution is 2.38. The normalized spacial score (nSPS) is 11.5. The molecule has 0 aliphatic carbocycles. The van der Waals surface area contributed by atoms with E-state index in [4.69, 9.17) is 5.73 Å². The molecular weight excluding hydrogens is 384 g/mol. The molecule has 132 valence electrons. The summed E-state index contributed by atoms with van der Waals surface area (Å²) in [7, 11) is 0. The van der Waals surface area contributed by atoms with Crippen molar-refractivity contribution in [2.24, 2.45) is 5.73 Å². The van der Waals surface area contributed by atoms with Crippen molar-refractivity contribution in [3.63, 3.8) is 0 Å². The van der Waals surface area contributed by atoms with Crippen LogP contribution in [0.1, 0.15) is 24.0 Å². The minimum absolute atomic E-state index is 0.745. The third-order valence-electron chi connectivity index (χ3n) is 5.18. The Bertz CT molecular complexity index is 1080. The van der Waals surface area contributed by atoms with E-state index in [0.717, 1.165) is 30.3 Å². The summed E-state index contributed by atoms with van der Waals surface area (Å²) in [5, 5.41) is 3.92. The van der Waals surface area contributed by atoms with Gasteiger partial charge in [0.05, 0.1) is 11.2 Å². The van der Waals surface area contributed by atoms with Crippen LogP contribution in [0, 0.1) is 6.92 Å². The maximum atomic E-state index is 5.73. The van der Waals surface area contributed by atoms with E-state index in [1.807, 2.05) is 0 Å². The maximum Gasteiger partial charge on any atom is 0.0606 e. The van der Waals surface area contributed by atoms with Gasteiger partial charge in [-0.15, -0.1) is 0 Å². The number of halogens is 1. The van der Waals surface area contributed by atoms with E-state index in [2.05, 4.69) is 82.4 Å². The molecule has 26 heavy (non-hydrogen) atoms. The fourth-order valence-corrected chi connectivity index (χ4v) is 4.31. The fraction of sp³-hybridized carbons (Fsp3) is 0.217. The van der Waals surface area contributed by atoms with Gasteiger partial charge < -0.3 is 10.7 Å². The number of aromatic amines is 1. The van der Waals surface area contributed by atoms with Crippen LogP contribution in [0.25, 0.3) is 32.9 Å². The molecule has 0 amide bonds. The second-order valence-electron chi connectivity index (χ2n) is 6.86. The summed E-state index contributed by atoms with van der Waals surface area (Å²) < 4.78 is 1.11. The summed E-state index contributed by atoms with van der Waals surface area (Å²) in [5.41, 5.74) is 12.1. The van der Waals surface area contributed by atoms with Gasteiger partial charge in [0.15, 0.2) is 0 Å². The Morgan fingerprint density at radius 3 is 2.46 bits per heavy atom. The highest BCUT2D eigenvalue weighted by molar-refractivity contribution is 9.10. The van der Waals surface area contributed by atoms with Crippen molar-refractivity contribution in [3.8, 4) is 11.3 Å². The highest BCUT2D eigenvalue weighted by atomic mass is 79.9. The zero-order valence-electron chi connectivity index (χ0n) is 15.0. The van der Waals surface area contributed by atoms with Crippen molar-refractivity contribution in [1.82, 2.24) is 4.98 Å². The van der Waals surface area contributed by atoms with Crippen LogP contribution in [0.2, 0.25) is 0 Å². The Hall–Kier alpha value is -2.10. The molecule has 0 unspecified atom stereocenters. The second kappa shape index (κ2) is 7.26. The lowest BCUT2D eigenvalue weighted by Crippen LogP contribution is -1.99. The first-order valence-corrected chi connectivity index (χ1v) is 9.98. The number of unbranched alkanes of at least 4 members (excludes halogenated alkanes) is 1. The minimum Gasteiger partial charge on any atom is -0.353 e. The predicted octanol–water partition coefficient (Wildman–Crippen LogP) is 6.34. The molecule has 0 bridgehead atoms. The van der Waals surface area contributed by atoms with Gasteiger partial charge >= 0.3 is 0 Å². The van der Waals surface area contributed by atoms with E-state index >= 15 is 0 Å². The highest BCUT2D eigenvalue weighted by Gasteiger charge is 2.16. The van der Waals surface area contributed by atoms with E-state index in [-0.39, 0.29) is 0 Å². The van der Waals surface area contributed by atoms with Gasteiger partial charge in [-0.3, -0.25) is 0 Å². The number of nitrogens with one attached hydrogen (secondary N) is 1. The molecule has 1 heterocycles. The Labute approximate surface area is 162 Å². The fourth-order valence-electron chi connectivity index (χ4n) is 3.84. The van der Waals surface area contributed by atoms with Gasteiger partial charge in [0.1, 0.15) is 0 Å². The topological polar surface area (TPSA) is 41.8 Å². The van der Waals surface area contributed by atoms with Crippen molar-refractivity contribution in [1.29, 1.82) is 0 Å². The van der Waals surface area contributed by atoms with Crippen LogP contribution in [-0.4, -0.2) is 11.5 Å². The first-order valence-electron chi connectivity index (χ1n) is 9.18. The van der Waals surface area contributed by atoms with Gasteiger partial charge in [-0.25, -0.2) is 0 Å². The number of nitrogens with two attached hydrogens (primary N) is 1. The summed E-state index contributed by atoms with van der Waals surface area (Å²) in [4.78, 5) is 3.71. The first-order chi connectivity index (χ1) is 12.7. The number of aromatic nitrogens is 1. The smallest absolute Gasteiger partial charge is 0.0606 e. The lowest BCUT2D eigenvalue weighted by Gasteiger charge is -2.10. The number of hydrogen-bond donors (Lipinski definition) is 2. The average molecular weight is 407 g/mol. The maximum absolute atomic E-state index is 5.73. The molecular formula is C23H23BrN2. The monoisotopic (exact) mass is 406 g/mol. The summed E-state index contributed by atoms with van der Waals surface area (Å²) >= 11 is 3.71. The number of hydrogen-bond acceptors (Lipinski definition) is 1. The van der Waals surface area contributed by atoms with Crippen LogP contribution >= 0.6 is 15.9 Å². The molecule has 1 aromatic heterocycles. The number of fused-ring (bicyclic) bond motifs is 2. The molecule has 0 saturated heterocycles. The number of aryl methyl sites for hydroxylation is 2. The van der Waals surface area contributed by atoms with Gasteiger partial charge in [-0.2, -0.15) is 0 Å². The molecule has 0 aliphatic rings. The summed E-state index contributed by atoms with van der Waals surface area (Å²) in [6.45, 7) is 2.92. The van der Waals surface area contributed by atoms with Crippen molar-refractivity contribution in [2.75, 3.05) is 6.54 Å². The van der Waals surface area contributed by atoms with Gasteiger partial charge in [0.2, 0.25) is 0 Å².